The van der Waals surface area contributed by atoms with Gasteiger partial charge in [0.2, 0.25) is 0 Å². The van der Waals surface area contributed by atoms with Crippen LogP contribution in [0, 0.1) is 0 Å². The van der Waals surface area contributed by atoms with E-state index in [1.54, 1.807) is 17.8 Å². The van der Waals surface area contributed by atoms with Crippen molar-refractivity contribution in [3.63, 3.8) is 0 Å². The Morgan fingerprint density at radius 3 is 2.68 bits per heavy atom. The molecule has 0 aliphatic carbocycles. The largest absolute Gasteiger partial charge is 0.349 e. The van der Waals surface area contributed by atoms with Gasteiger partial charge in [-0.1, -0.05) is 17.7 Å². The van der Waals surface area contributed by atoms with Crippen LogP contribution < -0.4 is 16.2 Å². The summed E-state index contributed by atoms with van der Waals surface area (Å²) in [7, 11) is 1.73. The summed E-state index contributed by atoms with van der Waals surface area (Å²) in [5.74, 6) is 0.911. The monoisotopic (exact) mass is 434 g/mol. The summed E-state index contributed by atoms with van der Waals surface area (Å²) >= 11 is 6.74. The molecule has 7 nitrogen and oxygen atoms in total. The molecule has 2 aliphatic heterocycles. The lowest BCUT2D eigenvalue weighted by Crippen LogP contribution is -2.47. The molecule has 8 heteroatoms. The number of aromatic nitrogens is 4. The van der Waals surface area contributed by atoms with E-state index in [1.807, 2.05) is 30.6 Å². The van der Waals surface area contributed by atoms with Crippen LogP contribution in [0.2, 0.25) is 5.02 Å². The number of pyridine rings is 1. The predicted octanol–water partition coefficient (Wildman–Crippen LogP) is 3.59. The van der Waals surface area contributed by atoms with Gasteiger partial charge < -0.3 is 20.2 Å². The SMILES string of the molecule is Cn1ccc2c(Cl)c(-c3c[nH]c4nc(N5[C@@H]6CC[C@H]5C[C@@H](N)C6)cnc34)ccc2c1=O. The molecule has 31 heavy (non-hydrogen) atoms. The van der Waals surface area contributed by atoms with Gasteiger partial charge in [0.1, 0.15) is 11.3 Å². The molecule has 3 N–H and O–H groups in total. The first-order valence-electron chi connectivity index (χ1n) is 10.7. The Hall–Kier alpha value is -2.90. The predicted molar refractivity (Wildman–Crippen MR) is 124 cm³/mol. The van der Waals surface area contributed by atoms with Gasteiger partial charge in [-0.25, -0.2) is 9.97 Å². The minimum absolute atomic E-state index is 0.0646. The van der Waals surface area contributed by atoms with Crippen molar-refractivity contribution in [2.24, 2.45) is 12.8 Å². The quantitative estimate of drug-likeness (QED) is 0.503. The van der Waals surface area contributed by atoms with Crippen molar-refractivity contribution < 1.29 is 0 Å². The van der Waals surface area contributed by atoms with Gasteiger partial charge in [-0.3, -0.25) is 4.79 Å². The summed E-state index contributed by atoms with van der Waals surface area (Å²) < 4.78 is 1.55. The Labute approximate surface area is 183 Å². The van der Waals surface area contributed by atoms with Crippen LogP contribution >= 0.6 is 11.6 Å². The van der Waals surface area contributed by atoms with Crippen LogP contribution in [-0.4, -0.2) is 37.6 Å². The van der Waals surface area contributed by atoms with Gasteiger partial charge in [0.25, 0.3) is 5.56 Å². The Balaban J connectivity index is 1.44. The standard InChI is InChI=1S/C23H23ClN6O/c1-29-7-6-16-17(23(29)31)5-4-15(20(16)24)18-10-27-22-21(18)26-11-19(28-22)30-13-2-3-14(30)9-12(25)8-13/h4-7,10-14H,2-3,8-9,25H2,1H3,(H,27,28)/t12-,13+,14-. The Morgan fingerprint density at radius 1 is 1.13 bits per heavy atom. The van der Waals surface area contributed by atoms with Crippen molar-refractivity contribution >= 4 is 39.4 Å². The summed E-state index contributed by atoms with van der Waals surface area (Å²) in [6, 6.07) is 6.78. The first kappa shape index (κ1) is 18.8. The third kappa shape index (κ3) is 2.80. The molecule has 0 amide bonds. The van der Waals surface area contributed by atoms with E-state index >= 15 is 0 Å². The zero-order valence-corrected chi connectivity index (χ0v) is 17.9. The first-order valence-corrected chi connectivity index (χ1v) is 11.1. The van der Waals surface area contributed by atoms with Crippen LogP contribution in [0.25, 0.3) is 33.1 Å². The summed E-state index contributed by atoms with van der Waals surface area (Å²) in [6.07, 6.45) is 9.85. The van der Waals surface area contributed by atoms with E-state index in [4.69, 9.17) is 27.3 Å². The maximum atomic E-state index is 12.4. The third-order valence-electron chi connectivity index (χ3n) is 6.89. The number of aryl methyl sites for hydroxylation is 1. The molecule has 2 bridgehead atoms. The highest BCUT2D eigenvalue weighted by Crippen LogP contribution is 2.40. The fourth-order valence-corrected chi connectivity index (χ4v) is 5.73. The number of piperidine rings is 1. The van der Waals surface area contributed by atoms with Gasteiger partial charge in [0, 0.05) is 59.5 Å². The van der Waals surface area contributed by atoms with Crippen molar-refractivity contribution in [1.29, 1.82) is 0 Å². The second kappa shape index (κ2) is 6.80. The Morgan fingerprint density at radius 2 is 1.90 bits per heavy atom. The van der Waals surface area contributed by atoms with Gasteiger partial charge in [-0.15, -0.1) is 0 Å². The topological polar surface area (TPSA) is 92.8 Å². The highest BCUT2D eigenvalue weighted by Gasteiger charge is 2.40. The van der Waals surface area contributed by atoms with Crippen LogP contribution in [0.5, 0.6) is 0 Å². The first-order chi connectivity index (χ1) is 15.0. The van der Waals surface area contributed by atoms with Crippen molar-refractivity contribution in [3.05, 3.63) is 52.2 Å². The second-order valence-electron chi connectivity index (χ2n) is 8.77. The van der Waals surface area contributed by atoms with Crippen LogP contribution in [0.4, 0.5) is 5.82 Å². The zero-order valence-electron chi connectivity index (χ0n) is 17.2. The number of nitrogens with one attached hydrogen (secondary N) is 1. The molecule has 2 aliphatic rings. The molecule has 158 valence electrons. The molecule has 0 saturated carbocycles. The van der Waals surface area contributed by atoms with E-state index in [1.165, 1.54) is 12.8 Å². The maximum absolute atomic E-state index is 12.4. The van der Waals surface area contributed by atoms with Gasteiger partial charge >= 0.3 is 0 Å². The molecule has 0 radical (unpaired) electrons. The van der Waals surface area contributed by atoms with Crippen molar-refractivity contribution in [2.45, 2.75) is 43.8 Å². The summed E-state index contributed by atoms with van der Waals surface area (Å²) in [5, 5.41) is 1.89. The van der Waals surface area contributed by atoms with Gasteiger partial charge in [0.05, 0.1) is 11.2 Å². The number of nitrogens with two attached hydrogens (primary N) is 1. The molecule has 0 unspecified atom stereocenters. The Kier molecular flexibility index (Phi) is 4.13. The molecular weight excluding hydrogens is 412 g/mol. The number of fused-ring (bicyclic) bond motifs is 4. The minimum Gasteiger partial charge on any atom is -0.349 e. The number of anilines is 1. The van der Waals surface area contributed by atoms with Gasteiger partial charge in [-0.05, 0) is 37.8 Å². The lowest BCUT2D eigenvalue weighted by molar-refractivity contribution is 0.412. The summed E-state index contributed by atoms with van der Waals surface area (Å²) in [4.78, 5) is 27.8. The molecule has 4 aromatic rings. The molecule has 2 fully saturated rings. The van der Waals surface area contributed by atoms with Crippen molar-refractivity contribution in [3.8, 4) is 11.1 Å². The zero-order chi connectivity index (χ0) is 21.3. The molecule has 3 atom stereocenters. The number of aromatic amines is 1. The number of rotatable bonds is 2. The van der Waals surface area contributed by atoms with Crippen molar-refractivity contribution in [2.75, 3.05) is 4.90 Å². The van der Waals surface area contributed by atoms with Crippen molar-refractivity contribution in [1.82, 2.24) is 19.5 Å². The number of nitrogens with zero attached hydrogens (tertiary/aromatic N) is 4. The number of halogens is 1. The molecule has 3 aromatic heterocycles. The molecule has 0 spiro atoms. The second-order valence-corrected chi connectivity index (χ2v) is 9.15. The fraction of sp³-hybridized carbons (Fsp3) is 0.348. The summed E-state index contributed by atoms with van der Waals surface area (Å²) in [5.41, 5.74) is 9.38. The molecule has 5 heterocycles. The molecular formula is C23H23ClN6O. The highest BCUT2D eigenvalue weighted by atomic mass is 35.5. The summed E-state index contributed by atoms with van der Waals surface area (Å²) in [6.45, 7) is 0. The Bertz CT molecular complexity index is 1380. The minimum atomic E-state index is -0.0646. The van der Waals surface area contributed by atoms with Crippen LogP contribution in [0.1, 0.15) is 25.7 Å². The number of benzene rings is 1. The lowest BCUT2D eigenvalue weighted by Gasteiger charge is -2.38. The molecule has 6 rings (SSSR count). The van der Waals surface area contributed by atoms with Crippen LogP contribution in [-0.2, 0) is 7.05 Å². The molecule has 2 saturated heterocycles. The van der Waals surface area contributed by atoms with E-state index in [0.29, 0.717) is 22.5 Å². The molecule has 1 aromatic carbocycles. The van der Waals surface area contributed by atoms with E-state index < -0.39 is 0 Å². The average molecular weight is 435 g/mol. The van der Waals surface area contributed by atoms with Crippen LogP contribution in [0.15, 0.2) is 41.6 Å². The maximum Gasteiger partial charge on any atom is 0.258 e. The highest BCUT2D eigenvalue weighted by molar-refractivity contribution is 6.38. The smallest absolute Gasteiger partial charge is 0.258 e. The van der Waals surface area contributed by atoms with Gasteiger partial charge in [-0.2, -0.15) is 0 Å². The van der Waals surface area contributed by atoms with E-state index in [2.05, 4.69) is 9.88 Å². The van der Waals surface area contributed by atoms with Crippen LogP contribution in [0.3, 0.4) is 0 Å². The normalized spacial score (nSPS) is 23.2. The van der Waals surface area contributed by atoms with Gasteiger partial charge in [0.15, 0.2) is 5.65 Å². The fourth-order valence-electron chi connectivity index (χ4n) is 5.40. The number of hydrogen-bond donors (Lipinski definition) is 2. The lowest BCUT2D eigenvalue weighted by atomic mass is 9.98. The number of H-pyrrole nitrogens is 1. The van der Waals surface area contributed by atoms with E-state index in [-0.39, 0.29) is 11.6 Å². The number of hydrogen-bond acceptors (Lipinski definition) is 5. The van der Waals surface area contributed by atoms with E-state index in [9.17, 15) is 4.79 Å². The average Bonchev–Trinajstić information content (AvgIpc) is 3.29. The third-order valence-corrected chi connectivity index (χ3v) is 7.29. The van der Waals surface area contributed by atoms with E-state index in [0.717, 1.165) is 46.3 Å².